The second kappa shape index (κ2) is 6.21. The molecule has 2 aromatic rings. The molecule has 0 saturated carbocycles. The molecule has 1 atom stereocenters. The van der Waals surface area contributed by atoms with Gasteiger partial charge in [-0.1, -0.05) is 0 Å². The number of carbonyl (C=O) groups is 1. The highest BCUT2D eigenvalue weighted by Gasteiger charge is 2.18. The van der Waals surface area contributed by atoms with Crippen LogP contribution in [0.25, 0.3) is 11.3 Å². The van der Waals surface area contributed by atoms with Crippen LogP contribution in [0, 0.1) is 0 Å². The van der Waals surface area contributed by atoms with E-state index in [0.717, 1.165) is 16.0 Å². The van der Waals surface area contributed by atoms with E-state index in [4.69, 9.17) is 4.74 Å². The van der Waals surface area contributed by atoms with Gasteiger partial charge in [0.2, 0.25) is 0 Å². The molecular weight excluding hydrogens is 272 g/mol. The maximum atomic E-state index is 11.8. The minimum Gasteiger partial charge on any atom is -0.497 e. The average molecular weight is 288 g/mol. The first-order chi connectivity index (χ1) is 10.1. The fourth-order valence-corrected chi connectivity index (χ4v) is 1.89. The molecule has 21 heavy (non-hydrogen) atoms. The van der Waals surface area contributed by atoms with E-state index in [1.165, 1.54) is 13.2 Å². The van der Waals surface area contributed by atoms with Gasteiger partial charge < -0.3 is 9.47 Å². The number of esters is 1. The van der Waals surface area contributed by atoms with Gasteiger partial charge in [-0.05, 0) is 37.3 Å². The highest BCUT2D eigenvalue weighted by molar-refractivity contribution is 5.73. The molecule has 0 spiro atoms. The molecular formula is C15H16N2O4. The van der Waals surface area contributed by atoms with E-state index >= 15 is 0 Å². The number of aromatic nitrogens is 2. The maximum absolute atomic E-state index is 11.8. The van der Waals surface area contributed by atoms with Gasteiger partial charge >= 0.3 is 5.97 Å². The molecule has 0 radical (unpaired) electrons. The zero-order valence-electron chi connectivity index (χ0n) is 12.1. The van der Waals surface area contributed by atoms with Gasteiger partial charge in [0, 0.05) is 11.6 Å². The van der Waals surface area contributed by atoms with Crippen molar-refractivity contribution in [2.45, 2.75) is 13.0 Å². The summed E-state index contributed by atoms with van der Waals surface area (Å²) in [5.74, 6) is 0.214. The monoisotopic (exact) mass is 288 g/mol. The largest absolute Gasteiger partial charge is 0.497 e. The molecule has 0 bridgehead atoms. The summed E-state index contributed by atoms with van der Waals surface area (Å²) < 4.78 is 10.9. The maximum Gasteiger partial charge on any atom is 0.330 e. The SMILES string of the molecule is COC(=O)C(C)n1nc(-c2ccc(OC)cc2)ccc1=O. The molecule has 0 aliphatic heterocycles. The third kappa shape index (κ3) is 3.10. The zero-order valence-corrected chi connectivity index (χ0v) is 12.1. The van der Waals surface area contributed by atoms with Gasteiger partial charge in [-0.3, -0.25) is 4.79 Å². The number of hydrogen-bond donors (Lipinski definition) is 0. The van der Waals surface area contributed by atoms with Crippen LogP contribution in [0.5, 0.6) is 5.75 Å². The second-order valence-electron chi connectivity index (χ2n) is 4.43. The van der Waals surface area contributed by atoms with E-state index in [-0.39, 0.29) is 5.56 Å². The van der Waals surface area contributed by atoms with E-state index in [1.54, 1.807) is 32.2 Å². The number of ether oxygens (including phenoxy) is 2. The number of carbonyl (C=O) groups excluding carboxylic acids is 1. The standard InChI is InChI=1S/C15H16N2O4/c1-10(15(19)21-3)17-14(18)9-8-13(16-17)11-4-6-12(20-2)7-5-11/h4-10H,1-3H3. The van der Waals surface area contributed by atoms with Crippen molar-refractivity contribution in [2.24, 2.45) is 0 Å². The lowest BCUT2D eigenvalue weighted by molar-refractivity contribution is -0.144. The molecule has 6 nitrogen and oxygen atoms in total. The van der Waals surface area contributed by atoms with Crippen LogP contribution >= 0.6 is 0 Å². The van der Waals surface area contributed by atoms with Crippen molar-refractivity contribution in [3.05, 3.63) is 46.8 Å². The molecule has 6 heteroatoms. The lowest BCUT2D eigenvalue weighted by Crippen LogP contribution is -2.30. The number of nitrogens with zero attached hydrogens (tertiary/aromatic N) is 2. The molecule has 0 N–H and O–H groups in total. The highest BCUT2D eigenvalue weighted by atomic mass is 16.5. The smallest absolute Gasteiger partial charge is 0.330 e. The predicted molar refractivity (Wildman–Crippen MR) is 77.2 cm³/mol. The normalized spacial score (nSPS) is 11.8. The molecule has 0 aliphatic carbocycles. The molecule has 1 heterocycles. The Hall–Kier alpha value is -2.63. The van der Waals surface area contributed by atoms with Crippen molar-refractivity contribution < 1.29 is 14.3 Å². The van der Waals surface area contributed by atoms with Crippen molar-refractivity contribution in [3.63, 3.8) is 0 Å². The third-order valence-electron chi connectivity index (χ3n) is 3.12. The summed E-state index contributed by atoms with van der Waals surface area (Å²) in [6.07, 6.45) is 0. The van der Waals surface area contributed by atoms with Gasteiger partial charge in [0.15, 0.2) is 6.04 Å². The van der Waals surface area contributed by atoms with Gasteiger partial charge in [0.25, 0.3) is 5.56 Å². The van der Waals surface area contributed by atoms with Crippen LogP contribution < -0.4 is 10.3 Å². The molecule has 110 valence electrons. The van der Waals surface area contributed by atoms with Crippen molar-refractivity contribution >= 4 is 5.97 Å². The minimum absolute atomic E-state index is 0.356. The van der Waals surface area contributed by atoms with Crippen LogP contribution in [-0.2, 0) is 9.53 Å². The quantitative estimate of drug-likeness (QED) is 0.800. The highest BCUT2D eigenvalue weighted by Crippen LogP contribution is 2.20. The Morgan fingerprint density at radius 1 is 1.14 bits per heavy atom. The van der Waals surface area contributed by atoms with Crippen molar-refractivity contribution in [2.75, 3.05) is 14.2 Å². The van der Waals surface area contributed by atoms with Crippen molar-refractivity contribution in [1.29, 1.82) is 0 Å². The minimum atomic E-state index is -0.777. The Labute approximate surface area is 121 Å². The average Bonchev–Trinajstić information content (AvgIpc) is 2.54. The number of rotatable bonds is 4. The van der Waals surface area contributed by atoms with Crippen molar-refractivity contribution in [3.8, 4) is 17.0 Å². The Morgan fingerprint density at radius 3 is 2.38 bits per heavy atom. The van der Waals surface area contributed by atoms with E-state index in [9.17, 15) is 9.59 Å². The molecule has 0 fully saturated rings. The Morgan fingerprint density at radius 2 is 1.81 bits per heavy atom. The first kappa shape index (κ1) is 14.8. The molecule has 0 saturated heterocycles. The number of methoxy groups -OCH3 is 2. The van der Waals surface area contributed by atoms with E-state index in [2.05, 4.69) is 9.84 Å². The van der Waals surface area contributed by atoms with Crippen LogP contribution in [0.2, 0.25) is 0 Å². The van der Waals surface area contributed by atoms with Gasteiger partial charge in [0.1, 0.15) is 5.75 Å². The topological polar surface area (TPSA) is 70.4 Å². The summed E-state index contributed by atoms with van der Waals surface area (Å²) >= 11 is 0. The van der Waals surface area contributed by atoms with Crippen LogP contribution in [-0.4, -0.2) is 30.0 Å². The molecule has 1 aromatic heterocycles. The van der Waals surface area contributed by atoms with Crippen LogP contribution in [0.15, 0.2) is 41.2 Å². The first-order valence-corrected chi connectivity index (χ1v) is 6.39. The Balaban J connectivity index is 2.42. The summed E-state index contributed by atoms with van der Waals surface area (Å²) in [5, 5.41) is 4.23. The zero-order chi connectivity index (χ0) is 15.4. The van der Waals surface area contributed by atoms with E-state index in [0.29, 0.717) is 5.69 Å². The number of benzene rings is 1. The Bertz CT molecular complexity index is 692. The summed E-state index contributed by atoms with van der Waals surface area (Å²) in [4.78, 5) is 23.4. The molecule has 1 unspecified atom stereocenters. The van der Waals surface area contributed by atoms with E-state index < -0.39 is 12.0 Å². The summed E-state index contributed by atoms with van der Waals surface area (Å²) in [6.45, 7) is 1.57. The fraction of sp³-hybridized carbons (Fsp3) is 0.267. The molecule has 0 amide bonds. The van der Waals surface area contributed by atoms with E-state index in [1.807, 2.05) is 12.1 Å². The van der Waals surface area contributed by atoms with Gasteiger partial charge in [-0.2, -0.15) is 5.10 Å². The second-order valence-corrected chi connectivity index (χ2v) is 4.43. The van der Waals surface area contributed by atoms with Gasteiger partial charge in [-0.25, -0.2) is 9.48 Å². The summed E-state index contributed by atoms with van der Waals surface area (Å²) in [6, 6.07) is 9.49. The van der Waals surface area contributed by atoms with Crippen LogP contribution in [0.1, 0.15) is 13.0 Å². The predicted octanol–water partition coefficient (Wildman–Crippen LogP) is 1.65. The van der Waals surface area contributed by atoms with Crippen molar-refractivity contribution in [1.82, 2.24) is 9.78 Å². The first-order valence-electron chi connectivity index (χ1n) is 6.39. The lowest BCUT2D eigenvalue weighted by Gasteiger charge is -2.12. The van der Waals surface area contributed by atoms with Crippen LogP contribution in [0.4, 0.5) is 0 Å². The Kier molecular flexibility index (Phi) is 4.37. The van der Waals surface area contributed by atoms with Crippen LogP contribution in [0.3, 0.4) is 0 Å². The number of hydrogen-bond acceptors (Lipinski definition) is 5. The fourth-order valence-electron chi connectivity index (χ4n) is 1.89. The lowest BCUT2D eigenvalue weighted by atomic mass is 10.1. The third-order valence-corrected chi connectivity index (χ3v) is 3.12. The van der Waals surface area contributed by atoms with Gasteiger partial charge in [-0.15, -0.1) is 0 Å². The molecule has 2 rings (SSSR count). The van der Waals surface area contributed by atoms with Gasteiger partial charge in [0.05, 0.1) is 19.9 Å². The summed E-state index contributed by atoms with van der Waals surface area (Å²) in [7, 11) is 2.86. The summed E-state index contributed by atoms with van der Waals surface area (Å²) in [5.41, 5.74) is 1.06. The molecule has 0 aliphatic rings. The molecule has 1 aromatic carbocycles.